The molecule has 1 aromatic carbocycles. The SMILES string of the molecule is c1ccc(-c2cccnc2CN2CC[C@H](NC3CCCCC3)C2)cc1. The minimum Gasteiger partial charge on any atom is -0.310 e. The Morgan fingerprint density at radius 3 is 2.60 bits per heavy atom. The van der Waals surface area contributed by atoms with Crippen LogP contribution < -0.4 is 5.32 Å². The number of pyridine rings is 1. The number of nitrogens with zero attached hydrogens (tertiary/aromatic N) is 2. The van der Waals surface area contributed by atoms with Crippen LogP contribution in [0.1, 0.15) is 44.2 Å². The average molecular weight is 335 g/mol. The van der Waals surface area contributed by atoms with Crippen molar-refractivity contribution in [1.29, 1.82) is 0 Å². The number of rotatable bonds is 5. The van der Waals surface area contributed by atoms with E-state index in [1.54, 1.807) is 0 Å². The van der Waals surface area contributed by atoms with E-state index in [0.717, 1.165) is 19.1 Å². The van der Waals surface area contributed by atoms with Crippen molar-refractivity contribution in [2.24, 2.45) is 0 Å². The number of nitrogens with one attached hydrogen (secondary N) is 1. The first-order valence-corrected chi connectivity index (χ1v) is 9.86. The fourth-order valence-corrected chi connectivity index (χ4v) is 4.37. The highest BCUT2D eigenvalue weighted by molar-refractivity contribution is 5.65. The molecule has 2 heterocycles. The van der Waals surface area contributed by atoms with Crippen molar-refractivity contribution in [2.45, 2.75) is 57.2 Å². The lowest BCUT2D eigenvalue weighted by atomic mass is 9.95. The lowest BCUT2D eigenvalue weighted by Crippen LogP contribution is -2.41. The van der Waals surface area contributed by atoms with Gasteiger partial charge in [0, 0.05) is 43.5 Å². The van der Waals surface area contributed by atoms with Crippen LogP contribution in [0, 0.1) is 0 Å². The van der Waals surface area contributed by atoms with E-state index in [1.807, 2.05) is 12.3 Å². The second-order valence-electron chi connectivity index (χ2n) is 7.59. The topological polar surface area (TPSA) is 28.2 Å². The molecule has 4 rings (SSSR count). The smallest absolute Gasteiger partial charge is 0.0622 e. The van der Waals surface area contributed by atoms with Gasteiger partial charge in [0.05, 0.1) is 5.69 Å². The minimum absolute atomic E-state index is 0.659. The second kappa shape index (κ2) is 8.11. The third-order valence-corrected chi connectivity index (χ3v) is 5.70. The predicted molar refractivity (Wildman–Crippen MR) is 103 cm³/mol. The summed E-state index contributed by atoms with van der Waals surface area (Å²) in [5.74, 6) is 0. The van der Waals surface area contributed by atoms with E-state index >= 15 is 0 Å². The standard InChI is InChI=1S/C22H29N3/c1-3-8-18(9-4-1)21-12-7-14-23-22(21)17-25-15-13-20(16-25)24-19-10-5-2-6-11-19/h1,3-4,7-9,12,14,19-20,24H,2,5-6,10-11,13,15-17H2/t20-/m0/s1. The molecule has 0 unspecified atom stereocenters. The second-order valence-corrected chi connectivity index (χ2v) is 7.59. The van der Waals surface area contributed by atoms with Crippen LogP contribution in [0.25, 0.3) is 11.1 Å². The van der Waals surface area contributed by atoms with Gasteiger partial charge in [0.1, 0.15) is 0 Å². The molecule has 1 aliphatic carbocycles. The third-order valence-electron chi connectivity index (χ3n) is 5.70. The third kappa shape index (κ3) is 4.28. The first kappa shape index (κ1) is 16.7. The van der Waals surface area contributed by atoms with E-state index < -0.39 is 0 Å². The summed E-state index contributed by atoms with van der Waals surface area (Å²) in [4.78, 5) is 7.26. The Labute approximate surface area is 151 Å². The Morgan fingerprint density at radius 1 is 0.920 bits per heavy atom. The lowest BCUT2D eigenvalue weighted by Gasteiger charge is -2.26. The van der Waals surface area contributed by atoms with E-state index in [1.165, 1.54) is 61.9 Å². The van der Waals surface area contributed by atoms with Crippen LogP contribution in [-0.4, -0.2) is 35.1 Å². The highest BCUT2D eigenvalue weighted by Gasteiger charge is 2.26. The van der Waals surface area contributed by atoms with Gasteiger partial charge in [-0.2, -0.15) is 0 Å². The maximum atomic E-state index is 4.70. The van der Waals surface area contributed by atoms with Crippen molar-refractivity contribution in [3.63, 3.8) is 0 Å². The van der Waals surface area contributed by atoms with Gasteiger partial charge in [-0.1, -0.05) is 55.7 Å². The molecular weight excluding hydrogens is 306 g/mol. The van der Waals surface area contributed by atoms with Crippen LogP contribution in [-0.2, 0) is 6.54 Å². The van der Waals surface area contributed by atoms with E-state index in [0.29, 0.717) is 6.04 Å². The molecule has 0 radical (unpaired) electrons. The van der Waals surface area contributed by atoms with Crippen molar-refractivity contribution >= 4 is 0 Å². The van der Waals surface area contributed by atoms with Gasteiger partial charge in [-0.3, -0.25) is 9.88 Å². The van der Waals surface area contributed by atoms with E-state index in [4.69, 9.17) is 4.98 Å². The molecule has 1 aromatic heterocycles. The van der Waals surface area contributed by atoms with Crippen LogP contribution in [0.15, 0.2) is 48.7 Å². The molecule has 25 heavy (non-hydrogen) atoms. The molecule has 1 saturated heterocycles. The van der Waals surface area contributed by atoms with Crippen LogP contribution in [0.2, 0.25) is 0 Å². The van der Waals surface area contributed by atoms with Crippen molar-refractivity contribution in [1.82, 2.24) is 15.2 Å². The maximum absolute atomic E-state index is 4.70. The van der Waals surface area contributed by atoms with Gasteiger partial charge in [-0.25, -0.2) is 0 Å². The van der Waals surface area contributed by atoms with Gasteiger partial charge in [-0.15, -0.1) is 0 Å². The fraction of sp³-hybridized carbons (Fsp3) is 0.500. The van der Waals surface area contributed by atoms with Gasteiger partial charge in [0.15, 0.2) is 0 Å². The minimum atomic E-state index is 0.659. The normalized spacial score (nSPS) is 22.3. The Morgan fingerprint density at radius 2 is 1.76 bits per heavy atom. The number of hydrogen-bond acceptors (Lipinski definition) is 3. The summed E-state index contributed by atoms with van der Waals surface area (Å²) >= 11 is 0. The highest BCUT2D eigenvalue weighted by atomic mass is 15.2. The molecule has 1 atom stereocenters. The maximum Gasteiger partial charge on any atom is 0.0622 e. The fourth-order valence-electron chi connectivity index (χ4n) is 4.37. The molecule has 3 heteroatoms. The van der Waals surface area contributed by atoms with Gasteiger partial charge in [0.2, 0.25) is 0 Å². The summed E-state index contributed by atoms with van der Waals surface area (Å²) in [6.07, 6.45) is 10.2. The summed E-state index contributed by atoms with van der Waals surface area (Å²) in [5.41, 5.74) is 3.74. The zero-order valence-electron chi connectivity index (χ0n) is 15.0. The van der Waals surface area contributed by atoms with Crippen molar-refractivity contribution in [3.05, 3.63) is 54.4 Å². The number of likely N-dealkylation sites (tertiary alicyclic amines) is 1. The zero-order valence-corrected chi connectivity index (χ0v) is 15.0. The average Bonchev–Trinajstić information content (AvgIpc) is 3.10. The summed E-state index contributed by atoms with van der Waals surface area (Å²) < 4.78 is 0. The molecule has 0 spiro atoms. The van der Waals surface area contributed by atoms with Crippen LogP contribution in [0.4, 0.5) is 0 Å². The van der Waals surface area contributed by atoms with Gasteiger partial charge in [0.25, 0.3) is 0 Å². The Balaban J connectivity index is 1.38. The number of hydrogen-bond donors (Lipinski definition) is 1. The Bertz CT molecular complexity index is 664. The molecule has 1 N–H and O–H groups in total. The van der Waals surface area contributed by atoms with Crippen LogP contribution in [0.5, 0.6) is 0 Å². The Kier molecular flexibility index (Phi) is 5.43. The number of aromatic nitrogens is 1. The molecule has 1 aliphatic heterocycles. The van der Waals surface area contributed by atoms with E-state index in [2.05, 4.69) is 46.6 Å². The summed E-state index contributed by atoms with van der Waals surface area (Å²) in [5, 5.41) is 3.92. The predicted octanol–water partition coefficient (Wildman–Crippen LogP) is 4.25. The number of benzene rings is 1. The molecule has 1 saturated carbocycles. The van der Waals surface area contributed by atoms with Crippen molar-refractivity contribution in [3.8, 4) is 11.1 Å². The largest absolute Gasteiger partial charge is 0.310 e. The first-order valence-electron chi connectivity index (χ1n) is 9.86. The summed E-state index contributed by atoms with van der Waals surface area (Å²) in [6.45, 7) is 3.28. The van der Waals surface area contributed by atoms with Crippen LogP contribution >= 0.6 is 0 Å². The molecule has 132 valence electrons. The van der Waals surface area contributed by atoms with Gasteiger partial charge in [-0.05, 0) is 30.9 Å². The monoisotopic (exact) mass is 335 g/mol. The summed E-state index contributed by atoms with van der Waals surface area (Å²) in [7, 11) is 0. The molecule has 3 nitrogen and oxygen atoms in total. The molecule has 2 aliphatic rings. The van der Waals surface area contributed by atoms with E-state index in [9.17, 15) is 0 Å². The highest BCUT2D eigenvalue weighted by Crippen LogP contribution is 2.25. The first-order chi connectivity index (χ1) is 12.4. The molecular formula is C22H29N3. The quantitative estimate of drug-likeness (QED) is 0.885. The molecule has 0 bridgehead atoms. The van der Waals surface area contributed by atoms with Gasteiger partial charge >= 0.3 is 0 Å². The van der Waals surface area contributed by atoms with Crippen molar-refractivity contribution in [2.75, 3.05) is 13.1 Å². The molecule has 0 amide bonds. The van der Waals surface area contributed by atoms with Crippen molar-refractivity contribution < 1.29 is 0 Å². The van der Waals surface area contributed by atoms with Crippen LogP contribution in [0.3, 0.4) is 0 Å². The molecule has 2 fully saturated rings. The van der Waals surface area contributed by atoms with E-state index in [-0.39, 0.29) is 0 Å². The van der Waals surface area contributed by atoms with Gasteiger partial charge < -0.3 is 5.32 Å². The molecule has 2 aromatic rings. The zero-order chi connectivity index (χ0) is 16.9. The lowest BCUT2D eigenvalue weighted by molar-refractivity contribution is 0.297. The Hall–Kier alpha value is -1.71. The summed E-state index contributed by atoms with van der Waals surface area (Å²) in [6, 6.07) is 16.3.